The molecule has 0 aliphatic carbocycles. The zero-order valence-electron chi connectivity index (χ0n) is 12.7. The first-order valence-corrected chi connectivity index (χ1v) is 7.52. The molecule has 0 saturated carbocycles. The Morgan fingerprint density at radius 1 is 1.48 bits per heavy atom. The van der Waals surface area contributed by atoms with E-state index in [-0.39, 0.29) is 5.91 Å². The van der Waals surface area contributed by atoms with Crippen LogP contribution in [0.2, 0.25) is 0 Å². The molecule has 1 aliphatic rings. The van der Waals surface area contributed by atoms with Gasteiger partial charge in [0, 0.05) is 19.8 Å². The van der Waals surface area contributed by atoms with Crippen molar-refractivity contribution in [1.29, 1.82) is 0 Å². The molecule has 2 N–H and O–H groups in total. The van der Waals surface area contributed by atoms with Crippen LogP contribution >= 0.6 is 0 Å². The van der Waals surface area contributed by atoms with Gasteiger partial charge in [0.2, 0.25) is 0 Å². The van der Waals surface area contributed by atoms with Crippen LogP contribution in [0.5, 0.6) is 5.75 Å². The van der Waals surface area contributed by atoms with Crippen LogP contribution in [0, 0.1) is 5.92 Å². The van der Waals surface area contributed by atoms with Crippen LogP contribution in [0.4, 0.5) is 5.69 Å². The Morgan fingerprint density at radius 2 is 2.29 bits per heavy atom. The number of rotatable bonds is 7. The lowest BCUT2D eigenvalue weighted by molar-refractivity contribution is -0.127. The summed E-state index contributed by atoms with van der Waals surface area (Å²) in [5.74, 6) is 1.19. The molecule has 5 heteroatoms. The third-order valence-electron chi connectivity index (χ3n) is 3.14. The fourth-order valence-electron chi connectivity index (χ4n) is 2.08. The van der Waals surface area contributed by atoms with Crippen molar-refractivity contribution in [1.82, 2.24) is 5.32 Å². The average molecular weight is 292 g/mol. The van der Waals surface area contributed by atoms with Crippen molar-refractivity contribution in [2.45, 2.75) is 26.4 Å². The van der Waals surface area contributed by atoms with E-state index in [1.807, 2.05) is 24.3 Å². The van der Waals surface area contributed by atoms with E-state index in [2.05, 4.69) is 24.5 Å². The molecule has 0 aromatic heterocycles. The summed E-state index contributed by atoms with van der Waals surface area (Å²) < 4.78 is 11.2. The predicted molar refractivity (Wildman–Crippen MR) is 82.6 cm³/mol. The number of amides is 1. The smallest absolute Gasteiger partial charge is 0.262 e. The third kappa shape index (κ3) is 4.93. The quantitative estimate of drug-likeness (QED) is 0.755. The highest BCUT2D eigenvalue weighted by atomic mass is 16.5. The molecule has 1 aromatic carbocycles. The van der Waals surface area contributed by atoms with Crippen LogP contribution < -0.4 is 15.4 Å². The van der Waals surface area contributed by atoms with Crippen LogP contribution in [0.3, 0.4) is 0 Å². The standard InChI is InChI=1S/C16H24N2O3/c1-12(2)11-20-9-5-8-17-16(19)15-10-18-13-6-3-4-7-14(13)21-15/h3-4,6-7,12,15,18H,5,8-11H2,1-2H3,(H,17,19). The van der Waals surface area contributed by atoms with Gasteiger partial charge in [-0.25, -0.2) is 0 Å². The maximum Gasteiger partial charge on any atom is 0.262 e. The van der Waals surface area contributed by atoms with Crippen molar-refractivity contribution in [3.8, 4) is 5.75 Å². The molecule has 1 atom stereocenters. The molecule has 0 saturated heterocycles. The third-order valence-corrected chi connectivity index (χ3v) is 3.14. The van der Waals surface area contributed by atoms with Crippen LogP contribution in [-0.2, 0) is 9.53 Å². The van der Waals surface area contributed by atoms with E-state index in [0.717, 1.165) is 24.5 Å². The molecule has 1 aliphatic heterocycles. The summed E-state index contributed by atoms with van der Waals surface area (Å²) >= 11 is 0. The molecular weight excluding hydrogens is 268 g/mol. The number of nitrogens with one attached hydrogen (secondary N) is 2. The number of fused-ring (bicyclic) bond motifs is 1. The Bertz CT molecular complexity index is 463. The van der Waals surface area contributed by atoms with Crippen molar-refractivity contribution in [3.05, 3.63) is 24.3 Å². The van der Waals surface area contributed by atoms with E-state index >= 15 is 0 Å². The van der Waals surface area contributed by atoms with E-state index in [9.17, 15) is 4.79 Å². The SMILES string of the molecule is CC(C)COCCCNC(=O)C1CNc2ccccc2O1. The second-order valence-corrected chi connectivity index (χ2v) is 5.60. The van der Waals surface area contributed by atoms with E-state index in [1.165, 1.54) is 0 Å². The lowest BCUT2D eigenvalue weighted by Crippen LogP contribution is -2.45. The zero-order valence-corrected chi connectivity index (χ0v) is 12.7. The molecule has 0 spiro atoms. The Morgan fingerprint density at radius 3 is 3.10 bits per heavy atom. The summed E-state index contributed by atoms with van der Waals surface area (Å²) in [6.07, 6.45) is 0.339. The Kier molecular flexibility index (Phi) is 5.87. The number of ether oxygens (including phenoxy) is 2. The van der Waals surface area contributed by atoms with E-state index in [1.54, 1.807) is 0 Å². The minimum atomic E-state index is -0.475. The monoisotopic (exact) mass is 292 g/mol. The molecule has 116 valence electrons. The largest absolute Gasteiger partial charge is 0.477 e. The molecule has 0 bridgehead atoms. The van der Waals surface area contributed by atoms with Crippen molar-refractivity contribution < 1.29 is 14.3 Å². The zero-order chi connectivity index (χ0) is 15.1. The summed E-state index contributed by atoms with van der Waals surface area (Å²) in [6, 6.07) is 7.64. The van der Waals surface area contributed by atoms with Crippen LogP contribution in [-0.4, -0.2) is 38.3 Å². The number of carbonyl (C=O) groups excluding carboxylic acids is 1. The number of carbonyl (C=O) groups is 1. The normalized spacial score (nSPS) is 16.8. The first kappa shape index (κ1) is 15.6. The summed E-state index contributed by atoms with van der Waals surface area (Å²) in [6.45, 7) is 6.77. The number of hydrogen-bond donors (Lipinski definition) is 2. The van der Waals surface area contributed by atoms with Crippen LogP contribution in [0.15, 0.2) is 24.3 Å². The van der Waals surface area contributed by atoms with Crippen molar-refractivity contribution in [2.24, 2.45) is 5.92 Å². The van der Waals surface area contributed by atoms with Crippen LogP contribution in [0.1, 0.15) is 20.3 Å². The van der Waals surface area contributed by atoms with Gasteiger partial charge in [-0.2, -0.15) is 0 Å². The lowest BCUT2D eigenvalue weighted by atomic mass is 10.2. The van der Waals surface area contributed by atoms with Crippen molar-refractivity contribution >= 4 is 11.6 Å². The van der Waals surface area contributed by atoms with Gasteiger partial charge in [-0.1, -0.05) is 26.0 Å². The topological polar surface area (TPSA) is 59.6 Å². The minimum Gasteiger partial charge on any atom is -0.477 e. The molecule has 1 unspecified atom stereocenters. The highest BCUT2D eigenvalue weighted by Crippen LogP contribution is 2.28. The van der Waals surface area contributed by atoms with E-state index < -0.39 is 6.10 Å². The van der Waals surface area contributed by atoms with E-state index in [4.69, 9.17) is 9.47 Å². The van der Waals surface area contributed by atoms with Gasteiger partial charge in [0.25, 0.3) is 5.91 Å². The van der Waals surface area contributed by atoms with Gasteiger partial charge in [-0.3, -0.25) is 4.79 Å². The molecule has 0 fully saturated rings. The second kappa shape index (κ2) is 7.88. The highest BCUT2D eigenvalue weighted by molar-refractivity contribution is 5.83. The fraction of sp³-hybridized carbons (Fsp3) is 0.562. The maximum absolute atomic E-state index is 12.0. The fourth-order valence-corrected chi connectivity index (χ4v) is 2.08. The van der Waals surface area contributed by atoms with Gasteiger partial charge in [-0.15, -0.1) is 0 Å². The molecule has 2 rings (SSSR count). The first-order chi connectivity index (χ1) is 10.2. The lowest BCUT2D eigenvalue weighted by Gasteiger charge is -2.26. The minimum absolute atomic E-state index is 0.0825. The predicted octanol–water partition coefficient (Wildman–Crippen LogP) is 2.04. The van der Waals surface area contributed by atoms with Gasteiger partial charge in [-0.05, 0) is 24.5 Å². The maximum atomic E-state index is 12.0. The highest BCUT2D eigenvalue weighted by Gasteiger charge is 2.25. The van der Waals surface area contributed by atoms with Crippen molar-refractivity contribution in [2.75, 3.05) is 31.6 Å². The van der Waals surface area contributed by atoms with Gasteiger partial charge < -0.3 is 20.1 Å². The van der Waals surface area contributed by atoms with E-state index in [0.29, 0.717) is 25.6 Å². The molecule has 21 heavy (non-hydrogen) atoms. The summed E-state index contributed by atoms with van der Waals surface area (Å²) in [5.41, 5.74) is 0.934. The van der Waals surface area contributed by atoms with Gasteiger partial charge in [0.05, 0.1) is 12.2 Å². The van der Waals surface area contributed by atoms with Gasteiger partial charge in [0.15, 0.2) is 6.10 Å². The number of anilines is 1. The molecule has 1 heterocycles. The average Bonchev–Trinajstić information content (AvgIpc) is 2.49. The van der Waals surface area contributed by atoms with Crippen LogP contribution in [0.25, 0.3) is 0 Å². The first-order valence-electron chi connectivity index (χ1n) is 7.52. The molecule has 1 aromatic rings. The number of para-hydroxylation sites is 2. The molecular formula is C16H24N2O3. The molecule has 1 amide bonds. The summed E-state index contributed by atoms with van der Waals surface area (Å²) in [5, 5.41) is 6.09. The second-order valence-electron chi connectivity index (χ2n) is 5.60. The number of hydrogen-bond acceptors (Lipinski definition) is 4. The van der Waals surface area contributed by atoms with Crippen molar-refractivity contribution in [3.63, 3.8) is 0 Å². The number of benzene rings is 1. The van der Waals surface area contributed by atoms with Gasteiger partial charge in [0.1, 0.15) is 5.75 Å². The summed E-state index contributed by atoms with van der Waals surface area (Å²) in [4.78, 5) is 12.0. The Balaban J connectivity index is 1.66. The Labute approximate surface area is 126 Å². The summed E-state index contributed by atoms with van der Waals surface area (Å²) in [7, 11) is 0. The molecule has 0 radical (unpaired) electrons. The molecule has 5 nitrogen and oxygen atoms in total. The van der Waals surface area contributed by atoms with Gasteiger partial charge >= 0.3 is 0 Å². The Hall–Kier alpha value is -1.75.